The molecule has 2 bridgehead atoms. The van der Waals surface area contributed by atoms with Crippen LogP contribution in [0.3, 0.4) is 0 Å². The average Bonchev–Trinajstić information content (AvgIpc) is 3.61. The van der Waals surface area contributed by atoms with Gasteiger partial charge in [0.15, 0.2) is 5.82 Å². The van der Waals surface area contributed by atoms with E-state index in [-0.39, 0.29) is 6.04 Å². The Morgan fingerprint density at radius 1 is 1.12 bits per heavy atom. The molecule has 4 aromatic rings. The van der Waals surface area contributed by atoms with E-state index < -0.39 is 10.2 Å². The lowest BCUT2D eigenvalue weighted by Gasteiger charge is -2.43. The molecule has 2 aromatic carbocycles. The molecule has 2 unspecified atom stereocenters. The van der Waals surface area contributed by atoms with E-state index in [0.717, 1.165) is 26.1 Å². The monoisotopic (exact) mass is 477 g/mol. The number of fused-ring (bicyclic) bond motifs is 10. The summed E-state index contributed by atoms with van der Waals surface area (Å²) >= 11 is 0. The molecule has 0 saturated heterocycles. The molecule has 2 aliphatic carbocycles. The Morgan fingerprint density at radius 2 is 1.94 bits per heavy atom. The van der Waals surface area contributed by atoms with Gasteiger partial charge in [-0.3, -0.25) is 5.10 Å². The minimum Gasteiger partial charge on any atom is -0.382 e. The van der Waals surface area contributed by atoms with Crippen LogP contribution in [-0.2, 0) is 10.2 Å². The lowest BCUT2D eigenvalue weighted by molar-refractivity contribution is 0.249. The van der Waals surface area contributed by atoms with E-state index in [0.29, 0.717) is 35.0 Å². The van der Waals surface area contributed by atoms with Crippen molar-refractivity contribution in [1.29, 1.82) is 0 Å². The molecule has 2 saturated carbocycles. The van der Waals surface area contributed by atoms with E-state index in [1.54, 1.807) is 6.20 Å². The largest absolute Gasteiger partial charge is 0.382 e. The van der Waals surface area contributed by atoms with Crippen molar-refractivity contribution in [3.05, 3.63) is 47.7 Å². The van der Waals surface area contributed by atoms with Crippen molar-refractivity contribution < 1.29 is 8.42 Å². The maximum atomic E-state index is 12.9. The van der Waals surface area contributed by atoms with E-state index in [1.807, 2.05) is 12.1 Å². The van der Waals surface area contributed by atoms with E-state index >= 15 is 0 Å². The molecule has 9 nitrogen and oxygen atoms in total. The molecule has 4 N–H and O–H groups in total. The topological polar surface area (TPSA) is 122 Å². The van der Waals surface area contributed by atoms with Crippen LogP contribution in [0.1, 0.15) is 42.3 Å². The van der Waals surface area contributed by atoms with Crippen molar-refractivity contribution >= 4 is 43.5 Å². The first kappa shape index (κ1) is 20.3. The molecule has 0 spiro atoms. The third-order valence-electron chi connectivity index (χ3n) is 8.43. The highest BCUT2D eigenvalue weighted by Crippen LogP contribution is 2.64. The molecule has 1 aliphatic heterocycles. The highest BCUT2D eigenvalue weighted by molar-refractivity contribution is 7.87. The fourth-order valence-corrected chi connectivity index (χ4v) is 7.87. The Morgan fingerprint density at radius 3 is 2.76 bits per heavy atom. The molecular formula is C24H27N7O2S. The fourth-order valence-electron chi connectivity index (χ4n) is 6.98. The molecule has 3 aliphatic rings. The quantitative estimate of drug-likeness (QED) is 0.415. The van der Waals surface area contributed by atoms with E-state index in [1.165, 1.54) is 48.8 Å². The first-order chi connectivity index (χ1) is 16.3. The molecular weight excluding hydrogens is 450 g/mol. The van der Waals surface area contributed by atoms with Gasteiger partial charge in [0.2, 0.25) is 0 Å². The Balaban J connectivity index is 1.41. The lowest BCUT2D eigenvalue weighted by Crippen LogP contribution is -2.35. The third-order valence-corrected chi connectivity index (χ3v) is 10.1. The van der Waals surface area contributed by atoms with Gasteiger partial charge in [0.25, 0.3) is 0 Å². The highest BCUT2D eigenvalue weighted by Gasteiger charge is 2.54. The van der Waals surface area contributed by atoms with Crippen LogP contribution in [0.25, 0.3) is 21.8 Å². The number of anilines is 2. The number of nitrogens with zero attached hydrogens (tertiary/aromatic N) is 4. The van der Waals surface area contributed by atoms with Crippen LogP contribution < -0.4 is 11.1 Å². The summed E-state index contributed by atoms with van der Waals surface area (Å²) in [6.07, 6.45) is 5.44. The van der Waals surface area contributed by atoms with Crippen LogP contribution in [0.4, 0.5) is 11.5 Å². The zero-order chi connectivity index (χ0) is 23.4. The Labute approximate surface area is 197 Å². The number of nitrogens with one attached hydrogen (secondary N) is 2. The number of nitrogens with two attached hydrogens (primary N) is 1. The van der Waals surface area contributed by atoms with Gasteiger partial charge in [0, 0.05) is 30.6 Å². The van der Waals surface area contributed by atoms with Crippen LogP contribution in [0, 0.1) is 17.8 Å². The average molecular weight is 478 g/mol. The van der Waals surface area contributed by atoms with Gasteiger partial charge in [-0.2, -0.15) is 22.9 Å². The number of H-pyrrole nitrogens is 1. The van der Waals surface area contributed by atoms with Gasteiger partial charge in [-0.25, -0.2) is 0 Å². The van der Waals surface area contributed by atoms with Gasteiger partial charge in [0.05, 0.1) is 23.3 Å². The van der Waals surface area contributed by atoms with Gasteiger partial charge in [-0.05, 0) is 78.3 Å². The molecule has 2 aromatic heterocycles. The second kappa shape index (κ2) is 6.73. The molecule has 2 fully saturated rings. The first-order valence-corrected chi connectivity index (χ1v) is 13.2. The number of aromatic amines is 1. The van der Waals surface area contributed by atoms with Crippen LogP contribution >= 0.6 is 0 Å². The number of hydrogen-bond acceptors (Lipinski definition) is 6. The maximum Gasteiger partial charge on any atom is 0.322 e. The van der Waals surface area contributed by atoms with Crippen LogP contribution in [0.15, 0.2) is 36.5 Å². The van der Waals surface area contributed by atoms with Gasteiger partial charge in [-0.1, -0.05) is 6.07 Å². The Kier molecular flexibility index (Phi) is 4.01. The maximum absolute atomic E-state index is 12.9. The van der Waals surface area contributed by atoms with Crippen molar-refractivity contribution in [3.63, 3.8) is 0 Å². The Hall–Kier alpha value is -3.11. The minimum atomic E-state index is -3.69. The van der Waals surface area contributed by atoms with Gasteiger partial charge in [0.1, 0.15) is 0 Å². The molecule has 3 heterocycles. The summed E-state index contributed by atoms with van der Waals surface area (Å²) < 4.78 is 28.1. The number of benzene rings is 2. The predicted molar refractivity (Wildman–Crippen MR) is 132 cm³/mol. The lowest BCUT2D eigenvalue weighted by atomic mass is 9.67. The summed E-state index contributed by atoms with van der Waals surface area (Å²) in [5, 5.41) is 17.2. The van der Waals surface area contributed by atoms with Gasteiger partial charge >= 0.3 is 10.2 Å². The highest BCUT2D eigenvalue weighted by atomic mass is 32.2. The second-order valence-corrected chi connectivity index (χ2v) is 12.2. The molecule has 34 heavy (non-hydrogen) atoms. The zero-order valence-electron chi connectivity index (χ0n) is 19.1. The number of nitrogen functional groups attached to an aromatic ring is 1. The Bertz CT molecular complexity index is 1570. The number of aromatic nitrogens is 4. The fraction of sp³-hybridized carbons (Fsp3) is 0.417. The minimum absolute atomic E-state index is 0.171. The molecule has 0 radical (unpaired) electrons. The number of rotatable bonds is 3. The predicted octanol–water partition coefficient (Wildman–Crippen LogP) is 3.45. The summed E-state index contributed by atoms with van der Waals surface area (Å²) in [4.78, 5) is 0. The first-order valence-electron chi connectivity index (χ1n) is 11.8. The van der Waals surface area contributed by atoms with Crippen molar-refractivity contribution in [1.82, 2.24) is 23.7 Å². The van der Waals surface area contributed by atoms with Crippen molar-refractivity contribution in [2.24, 2.45) is 17.8 Å². The SMILES string of the molecule is CN(C)S(=O)(=O)n1ncc2c3c(ccc21)N[C@@H](c1ccc2[nH]nc(N)c2c1)[C@@H]1C2CCC(C2)[C@H]31. The number of hydrogen-bond donors (Lipinski definition) is 3. The van der Waals surface area contributed by atoms with Crippen LogP contribution in [0.5, 0.6) is 0 Å². The summed E-state index contributed by atoms with van der Waals surface area (Å²) in [6.45, 7) is 0. The molecule has 7 rings (SSSR count). The molecule has 0 amide bonds. The smallest absolute Gasteiger partial charge is 0.322 e. The van der Waals surface area contributed by atoms with Crippen LogP contribution in [-0.4, -0.2) is 46.2 Å². The van der Waals surface area contributed by atoms with Gasteiger partial charge in [-0.15, -0.1) is 4.09 Å². The molecule has 176 valence electrons. The summed E-state index contributed by atoms with van der Waals surface area (Å²) in [5.41, 5.74) is 11.2. The standard InChI is InChI=1S/C24H27N7O2S/c1-30(2)34(32,33)31-19-8-7-18-22(16(19)11-26-31)20-12-3-4-13(9-12)21(20)23(27-18)14-5-6-17-15(10-14)24(25)29-28-17/h5-8,10-13,20-21,23,27H,3-4,9H2,1-2H3,(H3,25,28,29)/t12?,13?,20-,21+,23-/m0/s1. The molecule has 5 atom stereocenters. The molecule has 10 heteroatoms. The zero-order valence-corrected chi connectivity index (χ0v) is 19.9. The van der Waals surface area contributed by atoms with Crippen molar-refractivity contribution in [2.75, 3.05) is 25.1 Å². The van der Waals surface area contributed by atoms with E-state index in [9.17, 15) is 8.42 Å². The van der Waals surface area contributed by atoms with Crippen molar-refractivity contribution in [3.8, 4) is 0 Å². The summed E-state index contributed by atoms with van der Waals surface area (Å²) in [6, 6.07) is 10.5. The van der Waals surface area contributed by atoms with E-state index in [4.69, 9.17) is 5.73 Å². The summed E-state index contributed by atoms with van der Waals surface area (Å²) in [7, 11) is -0.633. The van der Waals surface area contributed by atoms with Crippen LogP contribution in [0.2, 0.25) is 0 Å². The third kappa shape index (κ3) is 2.55. The normalized spacial score (nSPS) is 27.9. The summed E-state index contributed by atoms with van der Waals surface area (Å²) in [5.74, 6) is 2.60. The van der Waals surface area contributed by atoms with E-state index in [2.05, 4.69) is 38.8 Å². The van der Waals surface area contributed by atoms with Gasteiger partial charge < -0.3 is 11.1 Å². The van der Waals surface area contributed by atoms with Crippen molar-refractivity contribution in [2.45, 2.75) is 31.2 Å². The second-order valence-electron chi connectivity index (χ2n) is 10.2.